The van der Waals surface area contributed by atoms with E-state index in [0.717, 1.165) is 30.0 Å². The van der Waals surface area contributed by atoms with E-state index in [2.05, 4.69) is 15.1 Å². The van der Waals surface area contributed by atoms with Crippen LogP contribution in [0.5, 0.6) is 0 Å². The molecule has 4 rings (SSSR count). The summed E-state index contributed by atoms with van der Waals surface area (Å²) in [6, 6.07) is 17.6. The second kappa shape index (κ2) is 11.7. The van der Waals surface area contributed by atoms with Gasteiger partial charge in [0, 0.05) is 45.4 Å². The normalized spacial score (nSPS) is 14.0. The third-order valence-electron chi connectivity index (χ3n) is 5.80. The lowest BCUT2D eigenvalue weighted by Crippen LogP contribution is -2.45. The number of carbonyl (C=O) groups excluding carboxylic acids is 2. The maximum Gasteiger partial charge on any atom is 0.264 e. The molecule has 1 aliphatic rings. The first-order valence-corrected chi connectivity index (χ1v) is 12.3. The van der Waals surface area contributed by atoms with Crippen molar-refractivity contribution >= 4 is 29.0 Å². The number of carbonyl (C=O) groups is 2. The lowest BCUT2D eigenvalue weighted by molar-refractivity contribution is -0.131. The molecule has 1 saturated heterocycles. The average Bonchev–Trinajstić information content (AvgIpc) is 3.31. The minimum atomic E-state index is -0.134. The SMILES string of the molecule is COCCN(CC(=O)N1CCCN(c2ccc(-c3ccccc3)nn2)CC1)C(=O)c1cccs1. The van der Waals surface area contributed by atoms with Crippen LogP contribution in [0, 0.1) is 0 Å². The molecular weight excluding hydrogens is 450 g/mol. The predicted octanol–water partition coefficient (Wildman–Crippen LogP) is 3.03. The predicted molar refractivity (Wildman–Crippen MR) is 133 cm³/mol. The molecule has 0 aliphatic carbocycles. The van der Waals surface area contributed by atoms with Gasteiger partial charge in [-0.1, -0.05) is 36.4 Å². The summed E-state index contributed by atoms with van der Waals surface area (Å²) in [5, 5.41) is 10.7. The van der Waals surface area contributed by atoms with Crippen molar-refractivity contribution in [2.24, 2.45) is 0 Å². The van der Waals surface area contributed by atoms with Gasteiger partial charge in [-0.3, -0.25) is 9.59 Å². The summed E-state index contributed by atoms with van der Waals surface area (Å²) in [6.07, 6.45) is 0.824. The number of amides is 2. The molecule has 0 spiro atoms. The summed E-state index contributed by atoms with van der Waals surface area (Å²) < 4.78 is 5.15. The summed E-state index contributed by atoms with van der Waals surface area (Å²) in [4.78, 5) is 32.2. The Morgan fingerprint density at radius 2 is 1.85 bits per heavy atom. The zero-order chi connectivity index (χ0) is 23.8. The number of aromatic nitrogens is 2. The van der Waals surface area contributed by atoms with Gasteiger partial charge in [-0.05, 0) is 30.0 Å². The first-order valence-electron chi connectivity index (χ1n) is 11.4. The number of anilines is 1. The molecule has 0 radical (unpaired) electrons. The van der Waals surface area contributed by atoms with Crippen LogP contribution in [0.4, 0.5) is 5.82 Å². The Labute approximate surface area is 203 Å². The number of rotatable bonds is 8. The van der Waals surface area contributed by atoms with E-state index < -0.39 is 0 Å². The Morgan fingerprint density at radius 3 is 2.56 bits per heavy atom. The third kappa shape index (κ3) is 5.98. The van der Waals surface area contributed by atoms with Gasteiger partial charge in [0.2, 0.25) is 5.91 Å². The number of benzene rings is 1. The maximum absolute atomic E-state index is 13.1. The monoisotopic (exact) mass is 479 g/mol. The molecule has 8 nitrogen and oxygen atoms in total. The van der Waals surface area contributed by atoms with Gasteiger partial charge in [0.05, 0.1) is 17.2 Å². The largest absolute Gasteiger partial charge is 0.383 e. The van der Waals surface area contributed by atoms with Gasteiger partial charge in [-0.15, -0.1) is 21.5 Å². The number of methoxy groups -OCH3 is 1. The molecule has 1 aliphatic heterocycles. The van der Waals surface area contributed by atoms with Gasteiger partial charge in [0.15, 0.2) is 5.82 Å². The summed E-state index contributed by atoms with van der Waals surface area (Å²) in [5.74, 6) is 0.627. The molecule has 2 amide bonds. The van der Waals surface area contributed by atoms with Crippen molar-refractivity contribution < 1.29 is 14.3 Å². The molecule has 0 unspecified atom stereocenters. The van der Waals surface area contributed by atoms with Crippen LogP contribution in [0.3, 0.4) is 0 Å². The summed E-state index contributed by atoms with van der Waals surface area (Å²) in [7, 11) is 1.59. The molecule has 178 valence electrons. The molecule has 34 heavy (non-hydrogen) atoms. The highest BCUT2D eigenvalue weighted by molar-refractivity contribution is 7.12. The van der Waals surface area contributed by atoms with Crippen LogP contribution >= 0.6 is 11.3 Å². The van der Waals surface area contributed by atoms with Gasteiger partial charge < -0.3 is 19.4 Å². The van der Waals surface area contributed by atoms with E-state index >= 15 is 0 Å². The summed E-state index contributed by atoms with van der Waals surface area (Å²) in [6.45, 7) is 3.50. The molecule has 2 aromatic heterocycles. The van der Waals surface area contributed by atoms with Crippen molar-refractivity contribution in [2.45, 2.75) is 6.42 Å². The molecule has 1 fully saturated rings. The van der Waals surface area contributed by atoms with Crippen molar-refractivity contribution in [3.05, 3.63) is 64.9 Å². The number of thiophene rings is 1. The van der Waals surface area contributed by atoms with Gasteiger partial charge in [-0.2, -0.15) is 0 Å². The van der Waals surface area contributed by atoms with E-state index in [-0.39, 0.29) is 18.4 Å². The van der Waals surface area contributed by atoms with Crippen molar-refractivity contribution in [2.75, 3.05) is 57.9 Å². The highest BCUT2D eigenvalue weighted by atomic mass is 32.1. The van der Waals surface area contributed by atoms with E-state index in [9.17, 15) is 9.59 Å². The Bertz CT molecular complexity index is 1060. The molecule has 1 aromatic carbocycles. The zero-order valence-electron chi connectivity index (χ0n) is 19.3. The first kappa shape index (κ1) is 23.8. The number of nitrogens with zero attached hydrogens (tertiary/aromatic N) is 5. The molecule has 9 heteroatoms. The fourth-order valence-electron chi connectivity index (χ4n) is 3.93. The topological polar surface area (TPSA) is 78.9 Å². The standard InChI is InChI=1S/C25H29N5O3S/c1-33-17-16-30(25(32)22-9-5-18-34-22)19-24(31)29-13-6-12-28(14-15-29)23-11-10-21(26-27-23)20-7-3-2-4-8-20/h2-5,7-11,18H,6,12-17,19H2,1H3. The second-order valence-corrected chi connectivity index (χ2v) is 9.01. The van der Waals surface area contributed by atoms with E-state index in [0.29, 0.717) is 37.7 Å². The van der Waals surface area contributed by atoms with E-state index in [1.54, 1.807) is 18.1 Å². The Hall–Kier alpha value is -3.30. The van der Waals surface area contributed by atoms with Crippen molar-refractivity contribution in [3.63, 3.8) is 0 Å². The number of ether oxygens (including phenoxy) is 1. The molecule has 0 atom stereocenters. The van der Waals surface area contributed by atoms with Gasteiger partial charge in [-0.25, -0.2) is 0 Å². The molecule has 3 heterocycles. The molecular formula is C25H29N5O3S. The van der Waals surface area contributed by atoms with Gasteiger partial charge in [0.1, 0.15) is 6.54 Å². The average molecular weight is 480 g/mol. The Morgan fingerprint density at radius 1 is 1.00 bits per heavy atom. The zero-order valence-corrected chi connectivity index (χ0v) is 20.1. The fourth-order valence-corrected chi connectivity index (χ4v) is 4.62. The quantitative estimate of drug-likeness (QED) is 0.494. The van der Waals surface area contributed by atoms with Gasteiger partial charge >= 0.3 is 0 Å². The summed E-state index contributed by atoms with van der Waals surface area (Å²) >= 11 is 1.38. The smallest absolute Gasteiger partial charge is 0.264 e. The first-order chi connectivity index (χ1) is 16.7. The van der Waals surface area contributed by atoms with Crippen LogP contribution in [0.15, 0.2) is 60.0 Å². The van der Waals surface area contributed by atoms with Crippen LogP contribution in [0.1, 0.15) is 16.1 Å². The van der Waals surface area contributed by atoms with Crippen LogP contribution < -0.4 is 4.90 Å². The second-order valence-electron chi connectivity index (χ2n) is 8.06. The highest BCUT2D eigenvalue weighted by Crippen LogP contribution is 2.19. The maximum atomic E-state index is 13.1. The third-order valence-corrected chi connectivity index (χ3v) is 6.66. The van der Waals surface area contributed by atoms with Gasteiger partial charge in [0.25, 0.3) is 5.91 Å². The van der Waals surface area contributed by atoms with E-state index in [1.807, 2.05) is 58.8 Å². The Kier molecular flexibility index (Phi) is 8.21. The molecule has 3 aromatic rings. The minimum absolute atomic E-state index is 0.0473. The van der Waals surface area contributed by atoms with Crippen molar-refractivity contribution in [3.8, 4) is 11.3 Å². The van der Waals surface area contributed by atoms with Crippen molar-refractivity contribution in [1.82, 2.24) is 20.0 Å². The summed E-state index contributed by atoms with van der Waals surface area (Å²) in [5.41, 5.74) is 1.87. The van der Waals surface area contributed by atoms with Crippen LogP contribution in [0.2, 0.25) is 0 Å². The minimum Gasteiger partial charge on any atom is -0.383 e. The van der Waals surface area contributed by atoms with Crippen LogP contribution in [0.25, 0.3) is 11.3 Å². The lowest BCUT2D eigenvalue weighted by atomic mass is 10.1. The molecule has 0 saturated carbocycles. The number of hydrogen-bond donors (Lipinski definition) is 0. The Balaban J connectivity index is 1.36. The van der Waals surface area contributed by atoms with Crippen molar-refractivity contribution in [1.29, 1.82) is 0 Å². The fraction of sp³-hybridized carbons (Fsp3) is 0.360. The number of hydrogen-bond acceptors (Lipinski definition) is 7. The van der Waals surface area contributed by atoms with E-state index in [1.165, 1.54) is 11.3 Å². The van der Waals surface area contributed by atoms with E-state index in [4.69, 9.17) is 4.74 Å². The highest BCUT2D eigenvalue weighted by Gasteiger charge is 2.25. The van der Waals surface area contributed by atoms with Crippen LogP contribution in [-0.2, 0) is 9.53 Å². The molecule has 0 N–H and O–H groups in total. The molecule has 0 bridgehead atoms. The van der Waals surface area contributed by atoms with Crippen LogP contribution in [-0.4, -0.2) is 84.8 Å². The lowest BCUT2D eigenvalue weighted by Gasteiger charge is -2.26.